The fraction of sp³-hybridized carbons (Fsp3) is 0.182. The van der Waals surface area contributed by atoms with Crippen LogP contribution in [0.1, 0.15) is 12.5 Å². The molecule has 0 fully saturated rings. The van der Waals surface area contributed by atoms with E-state index < -0.39 is 8.56 Å². The Labute approximate surface area is 151 Å². The van der Waals surface area contributed by atoms with Crippen molar-refractivity contribution in [3.8, 4) is 0 Å². The minimum Gasteiger partial charge on any atom is -0.388 e. The Morgan fingerprint density at radius 1 is 0.640 bits per heavy atom. The zero-order valence-corrected chi connectivity index (χ0v) is 15.6. The third kappa shape index (κ3) is 4.26. The van der Waals surface area contributed by atoms with Gasteiger partial charge < -0.3 is 8.85 Å². The Kier molecular flexibility index (Phi) is 6.18. The summed E-state index contributed by atoms with van der Waals surface area (Å²) in [5, 5.41) is 2.30. The standard InChI is InChI=1S/C22H24O2Si/c1-2-23-25(21-14-8-4-9-15-21,22-16-10-5-11-17-22)24-19-18-20-12-6-3-7-13-20/h3-17H,2,18-19H2,1H3. The molecule has 0 bridgehead atoms. The molecule has 0 aliphatic rings. The molecule has 0 radical (unpaired) electrons. The molecule has 0 amide bonds. The molecule has 0 N–H and O–H groups in total. The molecule has 3 aromatic carbocycles. The Bertz CT molecular complexity index is 705. The summed E-state index contributed by atoms with van der Waals surface area (Å²) in [6, 6.07) is 31.2. The Morgan fingerprint density at radius 3 is 1.60 bits per heavy atom. The zero-order chi connectivity index (χ0) is 17.4. The van der Waals surface area contributed by atoms with E-state index in [1.165, 1.54) is 5.56 Å². The maximum absolute atomic E-state index is 6.56. The van der Waals surface area contributed by atoms with Crippen molar-refractivity contribution in [3.05, 3.63) is 96.6 Å². The van der Waals surface area contributed by atoms with E-state index in [0.29, 0.717) is 13.2 Å². The fourth-order valence-corrected chi connectivity index (χ4v) is 6.16. The highest BCUT2D eigenvalue weighted by atomic mass is 28.4. The molecule has 3 rings (SSSR count). The summed E-state index contributed by atoms with van der Waals surface area (Å²) in [6.45, 7) is 3.30. The van der Waals surface area contributed by atoms with Crippen LogP contribution in [-0.4, -0.2) is 21.8 Å². The molecule has 0 aliphatic heterocycles. The number of hydrogen-bond donors (Lipinski definition) is 0. The summed E-state index contributed by atoms with van der Waals surface area (Å²) < 4.78 is 12.9. The second-order valence-electron chi connectivity index (χ2n) is 5.87. The predicted octanol–water partition coefficient (Wildman–Crippen LogP) is 3.54. The number of benzene rings is 3. The second kappa shape index (κ2) is 8.76. The average molecular weight is 349 g/mol. The monoisotopic (exact) mass is 348 g/mol. The van der Waals surface area contributed by atoms with Crippen molar-refractivity contribution in [1.29, 1.82) is 0 Å². The zero-order valence-electron chi connectivity index (χ0n) is 14.6. The Hall–Kier alpha value is -2.20. The highest BCUT2D eigenvalue weighted by molar-refractivity contribution is 6.92. The van der Waals surface area contributed by atoms with Gasteiger partial charge in [0.05, 0.1) is 0 Å². The molecule has 0 saturated carbocycles. The molecule has 3 aromatic rings. The number of rotatable bonds is 8. The third-order valence-corrected chi connectivity index (χ3v) is 7.69. The van der Waals surface area contributed by atoms with E-state index in [2.05, 4.69) is 72.8 Å². The molecule has 0 aromatic heterocycles. The van der Waals surface area contributed by atoms with E-state index in [9.17, 15) is 0 Å². The van der Waals surface area contributed by atoms with Crippen LogP contribution >= 0.6 is 0 Å². The van der Waals surface area contributed by atoms with Crippen molar-refractivity contribution in [2.45, 2.75) is 13.3 Å². The summed E-state index contributed by atoms with van der Waals surface area (Å²) in [5.41, 5.74) is 1.28. The molecule has 0 saturated heterocycles. The number of hydrogen-bond acceptors (Lipinski definition) is 2. The molecule has 0 atom stereocenters. The van der Waals surface area contributed by atoms with Crippen LogP contribution in [0.2, 0.25) is 0 Å². The van der Waals surface area contributed by atoms with Crippen LogP contribution in [0.5, 0.6) is 0 Å². The van der Waals surface area contributed by atoms with E-state index >= 15 is 0 Å². The van der Waals surface area contributed by atoms with Gasteiger partial charge >= 0.3 is 8.56 Å². The first kappa shape index (κ1) is 17.6. The molecule has 25 heavy (non-hydrogen) atoms. The normalized spacial score (nSPS) is 11.4. The van der Waals surface area contributed by atoms with E-state index in [-0.39, 0.29) is 0 Å². The molecule has 0 spiro atoms. The first-order chi connectivity index (χ1) is 12.3. The van der Waals surface area contributed by atoms with Gasteiger partial charge in [0.1, 0.15) is 0 Å². The van der Waals surface area contributed by atoms with Gasteiger partial charge in [0.25, 0.3) is 0 Å². The Balaban J connectivity index is 1.90. The summed E-state index contributed by atoms with van der Waals surface area (Å²) >= 11 is 0. The smallest absolute Gasteiger partial charge is 0.388 e. The van der Waals surface area contributed by atoms with Crippen molar-refractivity contribution in [1.82, 2.24) is 0 Å². The van der Waals surface area contributed by atoms with E-state index in [1.807, 2.05) is 25.1 Å². The van der Waals surface area contributed by atoms with Gasteiger partial charge in [0.2, 0.25) is 0 Å². The highest BCUT2D eigenvalue weighted by Gasteiger charge is 2.42. The van der Waals surface area contributed by atoms with E-state index in [1.54, 1.807) is 0 Å². The molecular formula is C22H24O2Si. The Morgan fingerprint density at radius 2 is 1.12 bits per heavy atom. The summed E-state index contributed by atoms with van der Waals surface area (Å²) in [6.07, 6.45) is 0.877. The van der Waals surface area contributed by atoms with Crippen LogP contribution in [0.15, 0.2) is 91.0 Å². The molecule has 2 nitrogen and oxygen atoms in total. The fourth-order valence-electron chi connectivity index (χ4n) is 3.02. The first-order valence-electron chi connectivity index (χ1n) is 8.78. The van der Waals surface area contributed by atoms with Crippen molar-refractivity contribution in [2.24, 2.45) is 0 Å². The third-order valence-electron chi connectivity index (χ3n) is 4.19. The van der Waals surface area contributed by atoms with Crippen LogP contribution < -0.4 is 10.4 Å². The van der Waals surface area contributed by atoms with Gasteiger partial charge in [-0.25, -0.2) is 0 Å². The molecule has 0 aliphatic carbocycles. The van der Waals surface area contributed by atoms with Gasteiger partial charge in [-0.2, -0.15) is 0 Å². The lowest BCUT2D eigenvalue weighted by molar-refractivity contribution is 0.201. The topological polar surface area (TPSA) is 18.5 Å². The van der Waals surface area contributed by atoms with E-state index in [0.717, 1.165) is 16.8 Å². The van der Waals surface area contributed by atoms with Gasteiger partial charge in [-0.05, 0) is 29.3 Å². The molecule has 0 heterocycles. The lowest BCUT2D eigenvalue weighted by Gasteiger charge is -2.31. The van der Waals surface area contributed by atoms with E-state index in [4.69, 9.17) is 8.85 Å². The largest absolute Gasteiger partial charge is 0.407 e. The molecule has 128 valence electrons. The van der Waals surface area contributed by atoms with Crippen molar-refractivity contribution < 1.29 is 8.85 Å². The van der Waals surface area contributed by atoms with Crippen LogP contribution in [0, 0.1) is 0 Å². The SMILES string of the molecule is CCO[Si](OCCc1ccccc1)(c1ccccc1)c1ccccc1. The van der Waals surface area contributed by atoms with Crippen LogP contribution in [0.25, 0.3) is 0 Å². The summed E-state index contributed by atoms with van der Waals surface area (Å²) in [4.78, 5) is 0. The van der Waals surface area contributed by atoms with Crippen LogP contribution in [0.3, 0.4) is 0 Å². The summed E-state index contributed by atoms with van der Waals surface area (Å²) in [5.74, 6) is 0. The van der Waals surface area contributed by atoms with Gasteiger partial charge in [-0.3, -0.25) is 0 Å². The predicted molar refractivity (Wildman–Crippen MR) is 106 cm³/mol. The lowest BCUT2D eigenvalue weighted by atomic mass is 10.2. The lowest BCUT2D eigenvalue weighted by Crippen LogP contribution is -2.63. The first-order valence-corrected chi connectivity index (χ1v) is 10.6. The van der Waals surface area contributed by atoms with Gasteiger partial charge in [-0.1, -0.05) is 91.0 Å². The van der Waals surface area contributed by atoms with Gasteiger partial charge in [0.15, 0.2) is 0 Å². The van der Waals surface area contributed by atoms with Crippen molar-refractivity contribution in [3.63, 3.8) is 0 Å². The minimum atomic E-state index is -2.70. The molecular weight excluding hydrogens is 324 g/mol. The second-order valence-corrected chi connectivity index (χ2v) is 8.83. The maximum atomic E-state index is 6.56. The quantitative estimate of drug-likeness (QED) is 0.580. The van der Waals surface area contributed by atoms with Gasteiger partial charge in [-0.15, -0.1) is 0 Å². The maximum Gasteiger partial charge on any atom is 0.407 e. The van der Waals surface area contributed by atoms with Crippen molar-refractivity contribution in [2.75, 3.05) is 13.2 Å². The van der Waals surface area contributed by atoms with Gasteiger partial charge in [0, 0.05) is 13.2 Å². The summed E-state index contributed by atoms with van der Waals surface area (Å²) in [7, 11) is -2.70. The van der Waals surface area contributed by atoms with Crippen LogP contribution in [-0.2, 0) is 15.3 Å². The van der Waals surface area contributed by atoms with Crippen LogP contribution in [0.4, 0.5) is 0 Å². The minimum absolute atomic E-state index is 0.626. The molecule has 0 unspecified atom stereocenters. The average Bonchev–Trinajstić information content (AvgIpc) is 2.69. The molecule has 3 heteroatoms. The van der Waals surface area contributed by atoms with Crippen molar-refractivity contribution >= 4 is 18.9 Å². The highest BCUT2D eigenvalue weighted by Crippen LogP contribution is 2.11.